The van der Waals surface area contributed by atoms with Crippen LogP contribution < -0.4 is 11.5 Å². The van der Waals surface area contributed by atoms with Gasteiger partial charge in [0.25, 0.3) is 0 Å². The highest BCUT2D eigenvalue weighted by molar-refractivity contribution is 5.94. The van der Waals surface area contributed by atoms with E-state index < -0.39 is 0 Å². The molecule has 12 heavy (non-hydrogen) atoms. The van der Waals surface area contributed by atoms with Crippen molar-refractivity contribution in [2.45, 2.75) is 25.7 Å². The molecule has 0 saturated heterocycles. The minimum atomic E-state index is 0.0226. The first-order valence-corrected chi connectivity index (χ1v) is 3.84. The molecule has 4 heteroatoms. The summed E-state index contributed by atoms with van der Waals surface area (Å²) in [6.45, 7) is 0. The van der Waals surface area contributed by atoms with Crippen molar-refractivity contribution in [1.29, 1.82) is 10.7 Å². The first-order valence-electron chi connectivity index (χ1n) is 3.84. The number of hydrogen-bond donors (Lipinski definition) is 3. The number of nitriles is 1. The van der Waals surface area contributed by atoms with Gasteiger partial charge in [0, 0.05) is 18.2 Å². The van der Waals surface area contributed by atoms with E-state index in [1.54, 1.807) is 0 Å². The van der Waals surface area contributed by atoms with E-state index in [4.69, 9.17) is 22.1 Å². The molecule has 5 N–H and O–H groups in total. The largest absolute Gasteiger partial charge is 0.404 e. The van der Waals surface area contributed by atoms with Gasteiger partial charge in [-0.15, -0.1) is 0 Å². The topological polar surface area (TPSA) is 99.7 Å². The first kappa shape index (κ1) is 10.5. The van der Waals surface area contributed by atoms with Crippen LogP contribution >= 0.6 is 0 Å². The lowest BCUT2D eigenvalue weighted by atomic mass is 10.1. The molecule has 0 aromatic rings. The quantitative estimate of drug-likeness (QED) is 0.320. The van der Waals surface area contributed by atoms with Crippen LogP contribution in [0.25, 0.3) is 0 Å². The molecule has 0 unspecified atom stereocenters. The second-order valence-corrected chi connectivity index (χ2v) is 2.47. The van der Waals surface area contributed by atoms with Gasteiger partial charge in [-0.1, -0.05) is 0 Å². The second-order valence-electron chi connectivity index (χ2n) is 2.47. The Hall–Kier alpha value is -1.50. The minimum Gasteiger partial charge on any atom is -0.404 e. The molecule has 0 aromatic heterocycles. The van der Waals surface area contributed by atoms with E-state index in [9.17, 15) is 0 Å². The number of amidine groups is 1. The zero-order chi connectivity index (χ0) is 9.40. The van der Waals surface area contributed by atoms with Gasteiger partial charge in [0.2, 0.25) is 0 Å². The lowest BCUT2D eigenvalue weighted by molar-refractivity contribution is 0.756. The van der Waals surface area contributed by atoms with E-state index >= 15 is 0 Å². The van der Waals surface area contributed by atoms with Crippen molar-refractivity contribution in [3.05, 3.63) is 11.8 Å². The molecule has 0 aromatic carbocycles. The number of unbranched alkanes of at least 4 members (excludes halogenated alkanes) is 2. The Labute approximate surface area is 72.4 Å². The molecular weight excluding hydrogens is 152 g/mol. The standard InChI is InChI=1S/C8H14N4/c9-5-3-1-2-4-7(6-10)8(11)12/h6H,1-4,10H2,(H3,11,12). The average molecular weight is 166 g/mol. The van der Waals surface area contributed by atoms with Crippen molar-refractivity contribution in [3.8, 4) is 6.07 Å². The molecule has 0 saturated carbocycles. The van der Waals surface area contributed by atoms with Gasteiger partial charge in [0.1, 0.15) is 5.84 Å². The van der Waals surface area contributed by atoms with Crippen LogP contribution in [0.3, 0.4) is 0 Å². The fourth-order valence-corrected chi connectivity index (χ4v) is 0.827. The van der Waals surface area contributed by atoms with Crippen LogP contribution in [0.5, 0.6) is 0 Å². The van der Waals surface area contributed by atoms with E-state index in [-0.39, 0.29) is 5.84 Å². The maximum absolute atomic E-state index is 8.24. The Morgan fingerprint density at radius 2 is 2.17 bits per heavy atom. The normalized spacial score (nSPS) is 10.8. The Morgan fingerprint density at radius 1 is 1.50 bits per heavy atom. The van der Waals surface area contributed by atoms with Gasteiger partial charge < -0.3 is 11.5 Å². The summed E-state index contributed by atoms with van der Waals surface area (Å²) in [6, 6.07) is 2.05. The molecule has 0 fully saturated rings. The third-order valence-electron chi connectivity index (χ3n) is 1.53. The number of rotatable bonds is 5. The summed E-state index contributed by atoms with van der Waals surface area (Å²) >= 11 is 0. The summed E-state index contributed by atoms with van der Waals surface area (Å²) in [5, 5.41) is 15.3. The van der Waals surface area contributed by atoms with E-state index in [0.29, 0.717) is 18.4 Å². The fraction of sp³-hybridized carbons (Fsp3) is 0.500. The molecule has 0 aliphatic heterocycles. The van der Waals surface area contributed by atoms with Crippen LogP contribution in [0.1, 0.15) is 25.7 Å². The third-order valence-corrected chi connectivity index (χ3v) is 1.53. The summed E-state index contributed by atoms with van der Waals surface area (Å²) in [5.74, 6) is 0.0226. The second kappa shape index (κ2) is 6.23. The van der Waals surface area contributed by atoms with Gasteiger partial charge in [-0.05, 0) is 19.3 Å². The monoisotopic (exact) mass is 166 g/mol. The number of nitrogens with two attached hydrogens (primary N) is 2. The fourth-order valence-electron chi connectivity index (χ4n) is 0.827. The molecule has 0 amide bonds. The lowest BCUT2D eigenvalue weighted by Crippen LogP contribution is -2.14. The van der Waals surface area contributed by atoms with Gasteiger partial charge >= 0.3 is 0 Å². The molecule has 0 aliphatic rings. The van der Waals surface area contributed by atoms with Crippen LogP contribution in [0.15, 0.2) is 11.8 Å². The molecule has 0 spiro atoms. The van der Waals surface area contributed by atoms with Crippen LogP contribution in [0.4, 0.5) is 0 Å². The highest BCUT2D eigenvalue weighted by atomic mass is 14.7. The Morgan fingerprint density at radius 3 is 2.58 bits per heavy atom. The number of nitrogens with zero attached hydrogens (tertiary/aromatic N) is 1. The molecule has 4 nitrogen and oxygen atoms in total. The van der Waals surface area contributed by atoms with Gasteiger partial charge in [0.05, 0.1) is 6.07 Å². The molecule has 0 aliphatic carbocycles. The van der Waals surface area contributed by atoms with Gasteiger partial charge in [0.15, 0.2) is 0 Å². The van der Waals surface area contributed by atoms with Crippen LogP contribution in [-0.4, -0.2) is 5.84 Å². The highest BCUT2D eigenvalue weighted by Crippen LogP contribution is 2.06. The van der Waals surface area contributed by atoms with E-state index in [0.717, 1.165) is 12.8 Å². The Balaban J connectivity index is 3.62. The van der Waals surface area contributed by atoms with Crippen LogP contribution in [0, 0.1) is 16.7 Å². The summed E-state index contributed by atoms with van der Waals surface area (Å²) in [6.07, 6.45) is 4.29. The zero-order valence-electron chi connectivity index (χ0n) is 7.01. The smallest absolute Gasteiger partial charge is 0.120 e. The zero-order valence-corrected chi connectivity index (χ0v) is 7.01. The number of nitrogens with one attached hydrogen (secondary N) is 1. The van der Waals surface area contributed by atoms with Crippen molar-refractivity contribution in [3.63, 3.8) is 0 Å². The van der Waals surface area contributed by atoms with Gasteiger partial charge in [-0.25, -0.2) is 0 Å². The average Bonchev–Trinajstić information content (AvgIpc) is 2.04. The minimum absolute atomic E-state index is 0.0226. The van der Waals surface area contributed by atoms with Crippen molar-refractivity contribution < 1.29 is 0 Å². The SMILES string of the molecule is N#CCCCCC(=CN)C(=N)N. The maximum atomic E-state index is 8.24. The van der Waals surface area contributed by atoms with Gasteiger partial charge in [-0.2, -0.15) is 5.26 Å². The van der Waals surface area contributed by atoms with Crippen molar-refractivity contribution in [2.24, 2.45) is 11.5 Å². The van der Waals surface area contributed by atoms with Gasteiger partial charge in [-0.3, -0.25) is 5.41 Å². The van der Waals surface area contributed by atoms with Crippen molar-refractivity contribution in [2.75, 3.05) is 0 Å². The lowest BCUT2D eigenvalue weighted by Gasteiger charge is -2.01. The summed E-state index contributed by atoms with van der Waals surface area (Å²) in [4.78, 5) is 0. The Kier molecular flexibility index (Phi) is 5.45. The summed E-state index contributed by atoms with van der Waals surface area (Å²) in [7, 11) is 0. The molecule has 0 rings (SSSR count). The molecule has 0 bridgehead atoms. The summed E-state index contributed by atoms with van der Waals surface area (Å²) < 4.78 is 0. The predicted octanol–water partition coefficient (Wildman–Crippen LogP) is 0.849. The van der Waals surface area contributed by atoms with E-state index in [1.807, 2.05) is 0 Å². The van der Waals surface area contributed by atoms with Crippen molar-refractivity contribution >= 4 is 5.84 Å². The maximum Gasteiger partial charge on any atom is 0.120 e. The molecular formula is C8H14N4. The Bertz CT molecular complexity index is 212. The van der Waals surface area contributed by atoms with Crippen LogP contribution in [0.2, 0.25) is 0 Å². The van der Waals surface area contributed by atoms with E-state index in [1.165, 1.54) is 6.20 Å². The number of hydrogen-bond acceptors (Lipinski definition) is 3. The third kappa shape index (κ3) is 4.34. The molecule has 0 radical (unpaired) electrons. The highest BCUT2D eigenvalue weighted by Gasteiger charge is 1.99. The van der Waals surface area contributed by atoms with Crippen LogP contribution in [-0.2, 0) is 0 Å². The molecule has 0 heterocycles. The molecule has 66 valence electrons. The van der Waals surface area contributed by atoms with E-state index in [2.05, 4.69) is 6.07 Å². The summed E-state index contributed by atoms with van der Waals surface area (Å²) in [5.41, 5.74) is 11.1. The first-order chi connectivity index (χ1) is 5.72. The predicted molar refractivity (Wildman–Crippen MR) is 48.3 cm³/mol. The van der Waals surface area contributed by atoms with Crippen molar-refractivity contribution in [1.82, 2.24) is 0 Å². The molecule has 0 atom stereocenters.